The van der Waals surface area contributed by atoms with Crippen LogP contribution in [0.5, 0.6) is 0 Å². The number of piperidine rings is 1. The minimum absolute atomic E-state index is 0. The van der Waals surface area contributed by atoms with Gasteiger partial charge in [0.25, 0.3) is 0 Å². The second kappa shape index (κ2) is 7.11. The molecule has 1 aliphatic rings. The lowest BCUT2D eigenvalue weighted by molar-refractivity contribution is -0.905. The summed E-state index contributed by atoms with van der Waals surface area (Å²) in [5.74, 6) is 0. The third-order valence-corrected chi connectivity index (χ3v) is 2.44. The molecule has 0 aliphatic carbocycles. The first-order valence-corrected chi connectivity index (χ1v) is 4.77. The summed E-state index contributed by atoms with van der Waals surface area (Å²) in [5.41, 5.74) is 0. The molecule has 0 aromatic rings. The summed E-state index contributed by atoms with van der Waals surface area (Å²) in [5, 5.41) is 0. The van der Waals surface area contributed by atoms with E-state index in [0.29, 0.717) is 0 Å². The predicted octanol–water partition coefficient (Wildman–Crippen LogP) is -2.14. The fourth-order valence-corrected chi connectivity index (χ4v) is 1.73. The van der Waals surface area contributed by atoms with Gasteiger partial charge in [-0.1, -0.05) is 13.3 Å². The van der Waals surface area contributed by atoms with E-state index in [-0.39, 0.29) is 17.0 Å². The van der Waals surface area contributed by atoms with Gasteiger partial charge in [-0.15, -0.1) is 0 Å². The summed E-state index contributed by atoms with van der Waals surface area (Å²) in [6.45, 7) is 6.60. The topological polar surface area (TPSA) is 4.44 Å². The van der Waals surface area contributed by atoms with E-state index in [1.54, 1.807) is 0 Å². The van der Waals surface area contributed by atoms with Crippen molar-refractivity contribution in [2.75, 3.05) is 19.6 Å². The van der Waals surface area contributed by atoms with E-state index in [4.69, 9.17) is 0 Å². The van der Waals surface area contributed by atoms with Crippen molar-refractivity contribution in [1.29, 1.82) is 0 Å². The molecule has 2 heteroatoms. The van der Waals surface area contributed by atoms with E-state index >= 15 is 0 Å². The van der Waals surface area contributed by atoms with Crippen molar-refractivity contribution in [1.82, 2.24) is 0 Å². The second-order valence-corrected chi connectivity index (χ2v) is 3.41. The SMILES string of the molecule is CCCC[NH+]1CCCCC1.[Br-]. The minimum Gasteiger partial charge on any atom is -1.00 e. The maximum absolute atomic E-state index is 2.28. The van der Waals surface area contributed by atoms with Gasteiger partial charge >= 0.3 is 0 Å². The van der Waals surface area contributed by atoms with Crippen LogP contribution in [-0.2, 0) is 0 Å². The molecule has 0 saturated carbocycles. The van der Waals surface area contributed by atoms with Crippen LogP contribution in [-0.4, -0.2) is 19.6 Å². The van der Waals surface area contributed by atoms with Crippen molar-refractivity contribution in [2.24, 2.45) is 0 Å². The van der Waals surface area contributed by atoms with Gasteiger partial charge in [0.2, 0.25) is 0 Å². The Morgan fingerprint density at radius 1 is 1.09 bits per heavy atom. The van der Waals surface area contributed by atoms with Crippen LogP contribution in [0.2, 0.25) is 0 Å². The van der Waals surface area contributed by atoms with E-state index in [2.05, 4.69) is 6.92 Å². The van der Waals surface area contributed by atoms with Gasteiger partial charge in [-0.2, -0.15) is 0 Å². The highest BCUT2D eigenvalue weighted by Crippen LogP contribution is 1.94. The maximum Gasteiger partial charge on any atom is 0.0770 e. The highest BCUT2D eigenvalue weighted by atomic mass is 79.9. The van der Waals surface area contributed by atoms with Crippen LogP contribution in [0.1, 0.15) is 39.0 Å². The summed E-state index contributed by atoms with van der Waals surface area (Å²) in [7, 11) is 0. The van der Waals surface area contributed by atoms with Gasteiger partial charge < -0.3 is 21.9 Å². The molecule has 1 nitrogen and oxygen atoms in total. The first-order chi connectivity index (χ1) is 4.93. The van der Waals surface area contributed by atoms with Crippen molar-refractivity contribution >= 4 is 0 Å². The zero-order valence-corrected chi connectivity index (χ0v) is 9.12. The molecule has 0 amide bonds. The smallest absolute Gasteiger partial charge is 0.0770 e. The van der Waals surface area contributed by atoms with Gasteiger partial charge in [-0.05, 0) is 25.7 Å². The Morgan fingerprint density at radius 2 is 1.73 bits per heavy atom. The van der Waals surface area contributed by atoms with Gasteiger partial charge in [0, 0.05) is 0 Å². The molecule has 11 heavy (non-hydrogen) atoms. The van der Waals surface area contributed by atoms with Crippen molar-refractivity contribution in [3.05, 3.63) is 0 Å². The quantitative estimate of drug-likeness (QED) is 0.556. The molecular weight excluding hydrogens is 202 g/mol. The molecule has 0 radical (unpaired) electrons. The molecule has 68 valence electrons. The molecule has 0 aromatic carbocycles. The van der Waals surface area contributed by atoms with Crippen LogP contribution in [0.3, 0.4) is 0 Å². The number of hydrogen-bond donors (Lipinski definition) is 1. The van der Waals surface area contributed by atoms with Crippen LogP contribution in [0.4, 0.5) is 0 Å². The standard InChI is InChI=1S/C9H19N.BrH/c1-2-3-7-10-8-5-4-6-9-10;/h2-9H2,1H3;1H. The fraction of sp³-hybridized carbons (Fsp3) is 1.00. The Hall–Kier alpha value is 0.440. The van der Waals surface area contributed by atoms with Gasteiger partial charge in [0.15, 0.2) is 0 Å². The summed E-state index contributed by atoms with van der Waals surface area (Å²) >= 11 is 0. The highest BCUT2D eigenvalue weighted by molar-refractivity contribution is 4.45. The molecule has 0 atom stereocenters. The van der Waals surface area contributed by atoms with E-state index in [1.807, 2.05) is 4.90 Å². The Balaban J connectivity index is 0.000001000. The first-order valence-electron chi connectivity index (χ1n) is 4.77. The molecule has 1 heterocycles. The molecule has 1 N–H and O–H groups in total. The summed E-state index contributed by atoms with van der Waals surface area (Å²) in [6.07, 6.45) is 7.21. The lowest BCUT2D eigenvalue weighted by Crippen LogP contribution is -3.12. The summed E-state index contributed by atoms with van der Waals surface area (Å²) in [4.78, 5) is 1.85. The fourth-order valence-electron chi connectivity index (χ4n) is 1.73. The number of likely N-dealkylation sites (tertiary alicyclic amines) is 1. The number of hydrogen-bond acceptors (Lipinski definition) is 0. The lowest BCUT2D eigenvalue weighted by atomic mass is 10.1. The van der Waals surface area contributed by atoms with E-state index < -0.39 is 0 Å². The zero-order valence-electron chi connectivity index (χ0n) is 7.53. The number of nitrogens with one attached hydrogen (secondary N) is 1. The monoisotopic (exact) mass is 221 g/mol. The van der Waals surface area contributed by atoms with Crippen molar-refractivity contribution in [3.63, 3.8) is 0 Å². The van der Waals surface area contributed by atoms with Crippen LogP contribution >= 0.6 is 0 Å². The normalized spacial score (nSPS) is 19.4. The zero-order chi connectivity index (χ0) is 7.23. The van der Waals surface area contributed by atoms with Crippen molar-refractivity contribution in [3.8, 4) is 0 Å². The Morgan fingerprint density at radius 3 is 2.27 bits per heavy atom. The van der Waals surface area contributed by atoms with Crippen LogP contribution in [0.25, 0.3) is 0 Å². The van der Waals surface area contributed by atoms with E-state index in [9.17, 15) is 0 Å². The third kappa shape index (κ3) is 4.81. The molecule has 0 aromatic heterocycles. The average Bonchev–Trinajstić information content (AvgIpc) is 2.03. The van der Waals surface area contributed by atoms with Crippen LogP contribution < -0.4 is 21.9 Å². The Labute approximate surface area is 80.9 Å². The number of unbranched alkanes of at least 4 members (excludes halogenated alkanes) is 1. The summed E-state index contributed by atoms with van der Waals surface area (Å²) in [6, 6.07) is 0. The molecule has 1 saturated heterocycles. The maximum atomic E-state index is 2.28. The molecule has 1 fully saturated rings. The van der Waals surface area contributed by atoms with Crippen LogP contribution in [0, 0.1) is 0 Å². The number of rotatable bonds is 3. The highest BCUT2D eigenvalue weighted by Gasteiger charge is 2.11. The Kier molecular flexibility index (Phi) is 7.39. The first kappa shape index (κ1) is 11.4. The van der Waals surface area contributed by atoms with Gasteiger partial charge in [0.05, 0.1) is 19.6 Å². The van der Waals surface area contributed by atoms with Gasteiger partial charge in [-0.3, -0.25) is 0 Å². The van der Waals surface area contributed by atoms with Crippen LogP contribution in [0.15, 0.2) is 0 Å². The predicted molar refractivity (Wildman–Crippen MR) is 44.3 cm³/mol. The third-order valence-electron chi connectivity index (χ3n) is 2.44. The van der Waals surface area contributed by atoms with Crippen molar-refractivity contribution in [2.45, 2.75) is 39.0 Å². The number of halogens is 1. The van der Waals surface area contributed by atoms with E-state index in [0.717, 1.165) is 0 Å². The molecule has 1 aliphatic heterocycles. The van der Waals surface area contributed by atoms with Gasteiger partial charge in [-0.25, -0.2) is 0 Å². The summed E-state index contributed by atoms with van der Waals surface area (Å²) < 4.78 is 0. The lowest BCUT2D eigenvalue weighted by Gasteiger charge is -2.22. The average molecular weight is 222 g/mol. The molecule has 0 unspecified atom stereocenters. The molecule has 1 rings (SSSR count). The largest absolute Gasteiger partial charge is 1.00 e. The van der Waals surface area contributed by atoms with Gasteiger partial charge in [0.1, 0.15) is 0 Å². The van der Waals surface area contributed by atoms with Crippen molar-refractivity contribution < 1.29 is 21.9 Å². The second-order valence-electron chi connectivity index (χ2n) is 3.41. The Bertz CT molecular complexity index is 79.6. The number of quaternary nitrogens is 1. The molecule has 0 bridgehead atoms. The molecule has 0 spiro atoms. The minimum atomic E-state index is 0. The van der Waals surface area contributed by atoms with E-state index in [1.165, 1.54) is 51.7 Å². The molecular formula is C9H20BrN.